The largest absolute Gasteiger partial charge is 0.344 e. The van der Waals surface area contributed by atoms with Crippen molar-refractivity contribution in [2.24, 2.45) is 0 Å². The van der Waals surface area contributed by atoms with Crippen LogP contribution in [-0.2, 0) is 11.2 Å². The van der Waals surface area contributed by atoms with Crippen LogP contribution in [0.5, 0.6) is 0 Å². The molecule has 2 nitrogen and oxygen atoms in total. The Hall–Kier alpha value is -1.91. The highest BCUT2D eigenvalue weighted by Crippen LogP contribution is 2.27. The van der Waals surface area contributed by atoms with Crippen LogP contribution >= 0.6 is 22.7 Å². The second kappa shape index (κ2) is 7.77. The molecule has 1 unspecified atom stereocenters. The van der Waals surface area contributed by atoms with Gasteiger partial charge in [-0.1, -0.05) is 50.2 Å². The SMILES string of the molecule is CC(C)c1ccc(C(NC(=O)Cc2cccs2)c2cccs2)cc1. The predicted octanol–water partition coefficient (Wildman–Crippen LogP) is 5.38. The number of benzene rings is 1. The van der Waals surface area contributed by atoms with Gasteiger partial charge in [0.1, 0.15) is 0 Å². The van der Waals surface area contributed by atoms with Gasteiger partial charge in [0.05, 0.1) is 12.5 Å². The molecule has 2 heterocycles. The monoisotopic (exact) mass is 355 g/mol. The van der Waals surface area contributed by atoms with Gasteiger partial charge in [0, 0.05) is 9.75 Å². The Balaban J connectivity index is 1.80. The van der Waals surface area contributed by atoms with Gasteiger partial charge in [-0.15, -0.1) is 22.7 Å². The number of rotatable bonds is 6. The molecule has 0 saturated heterocycles. The zero-order valence-electron chi connectivity index (χ0n) is 13.9. The van der Waals surface area contributed by atoms with E-state index in [1.807, 2.05) is 23.6 Å². The van der Waals surface area contributed by atoms with Gasteiger partial charge in [-0.3, -0.25) is 4.79 Å². The van der Waals surface area contributed by atoms with Crippen molar-refractivity contribution >= 4 is 28.6 Å². The van der Waals surface area contributed by atoms with Crippen molar-refractivity contribution in [3.05, 3.63) is 80.2 Å². The highest BCUT2D eigenvalue weighted by Gasteiger charge is 2.18. The van der Waals surface area contributed by atoms with Crippen molar-refractivity contribution in [2.45, 2.75) is 32.2 Å². The summed E-state index contributed by atoms with van der Waals surface area (Å²) in [6, 6.07) is 16.6. The lowest BCUT2D eigenvalue weighted by molar-refractivity contribution is -0.120. The van der Waals surface area contributed by atoms with E-state index in [1.165, 1.54) is 5.56 Å². The third-order valence-corrected chi connectivity index (χ3v) is 5.80. The Morgan fingerprint density at radius 1 is 0.958 bits per heavy atom. The number of nitrogens with one attached hydrogen (secondary N) is 1. The normalized spacial score (nSPS) is 12.3. The predicted molar refractivity (Wildman–Crippen MR) is 103 cm³/mol. The first-order chi connectivity index (χ1) is 11.6. The average molecular weight is 356 g/mol. The van der Waals surface area contributed by atoms with Crippen LogP contribution in [0, 0.1) is 0 Å². The number of amides is 1. The molecule has 0 fully saturated rings. The van der Waals surface area contributed by atoms with E-state index in [1.54, 1.807) is 22.7 Å². The fourth-order valence-corrected chi connectivity index (χ4v) is 4.14. The molecule has 0 bridgehead atoms. The molecular weight excluding hydrogens is 334 g/mol. The number of thiophene rings is 2. The van der Waals surface area contributed by atoms with E-state index in [4.69, 9.17) is 0 Å². The zero-order chi connectivity index (χ0) is 16.9. The third kappa shape index (κ3) is 4.13. The molecule has 0 spiro atoms. The first-order valence-electron chi connectivity index (χ1n) is 8.08. The molecule has 2 aromatic heterocycles. The van der Waals surface area contributed by atoms with Crippen LogP contribution in [-0.4, -0.2) is 5.91 Å². The van der Waals surface area contributed by atoms with E-state index in [9.17, 15) is 4.79 Å². The van der Waals surface area contributed by atoms with Crippen LogP contribution in [0.1, 0.15) is 46.7 Å². The first-order valence-corrected chi connectivity index (χ1v) is 9.84. The van der Waals surface area contributed by atoms with Crippen LogP contribution < -0.4 is 5.32 Å². The number of carbonyl (C=O) groups excluding carboxylic acids is 1. The summed E-state index contributed by atoms with van der Waals surface area (Å²) < 4.78 is 0. The molecule has 0 aliphatic carbocycles. The van der Waals surface area contributed by atoms with E-state index in [0.717, 1.165) is 15.3 Å². The maximum absolute atomic E-state index is 12.5. The van der Waals surface area contributed by atoms with Crippen LogP contribution in [0.15, 0.2) is 59.3 Å². The number of hydrogen-bond acceptors (Lipinski definition) is 3. The van der Waals surface area contributed by atoms with Gasteiger partial charge in [-0.25, -0.2) is 0 Å². The summed E-state index contributed by atoms with van der Waals surface area (Å²) in [5.41, 5.74) is 2.44. The molecule has 3 aromatic rings. The zero-order valence-corrected chi connectivity index (χ0v) is 15.5. The van der Waals surface area contributed by atoms with E-state index < -0.39 is 0 Å². The standard InChI is InChI=1S/C20H21NOS2/c1-14(2)15-7-9-16(10-8-15)20(18-6-4-12-24-18)21-19(22)13-17-5-3-11-23-17/h3-12,14,20H,13H2,1-2H3,(H,21,22). The molecule has 0 aliphatic heterocycles. The van der Waals surface area contributed by atoms with Crippen LogP contribution in [0.4, 0.5) is 0 Å². The second-order valence-corrected chi connectivity index (χ2v) is 8.10. The Labute approximate surface area is 151 Å². The smallest absolute Gasteiger partial charge is 0.226 e. The number of carbonyl (C=O) groups is 1. The molecule has 4 heteroatoms. The van der Waals surface area contributed by atoms with Gasteiger partial charge in [0.15, 0.2) is 0 Å². The van der Waals surface area contributed by atoms with Crippen molar-refractivity contribution in [2.75, 3.05) is 0 Å². The third-order valence-electron chi connectivity index (χ3n) is 3.98. The van der Waals surface area contributed by atoms with Crippen molar-refractivity contribution in [3.8, 4) is 0 Å². The summed E-state index contributed by atoms with van der Waals surface area (Å²) in [6.07, 6.45) is 0.434. The summed E-state index contributed by atoms with van der Waals surface area (Å²) in [6.45, 7) is 4.38. The van der Waals surface area contributed by atoms with Gasteiger partial charge in [0.2, 0.25) is 5.91 Å². The fraction of sp³-hybridized carbons (Fsp3) is 0.250. The minimum absolute atomic E-state index is 0.0591. The summed E-state index contributed by atoms with van der Waals surface area (Å²) in [5.74, 6) is 0.566. The van der Waals surface area contributed by atoms with Crippen LogP contribution in [0.2, 0.25) is 0 Å². The molecule has 0 aliphatic rings. The van der Waals surface area contributed by atoms with E-state index >= 15 is 0 Å². The Morgan fingerprint density at radius 2 is 1.62 bits per heavy atom. The Bertz CT molecular complexity index is 759. The molecule has 0 saturated carbocycles. The van der Waals surface area contributed by atoms with E-state index in [2.05, 4.69) is 54.9 Å². The van der Waals surface area contributed by atoms with Crippen LogP contribution in [0.3, 0.4) is 0 Å². The molecule has 1 N–H and O–H groups in total. The topological polar surface area (TPSA) is 29.1 Å². The molecule has 1 amide bonds. The first kappa shape index (κ1) is 16.9. The highest BCUT2D eigenvalue weighted by molar-refractivity contribution is 7.10. The molecular formula is C20H21NOS2. The lowest BCUT2D eigenvalue weighted by Gasteiger charge is -2.19. The minimum atomic E-state index is -0.0846. The van der Waals surface area contributed by atoms with Crippen LogP contribution in [0.25, 0.3) is 0 Å². The highest BCUT2D eigenvalue weighted by atomic mass is 32.1. The summed E-state index contributed by atoms with van der Waals surface area (Å²) in [4.78, 5) is 14.7. The van der Waals surface area contributed by atoms with Gasteiger partial charge in [-0.05, 0) is 39.9 Å². The van der Waals surface area contributed by atoms with E-state index in [0.29, 0.717) is 12.3 Å². The maximum Gasteiger partial charge on any atom is 0.226 e. The molecule has 24 heavy (non-hydrogen) atoms. The second-order valence-electron chi connectivity index (χ2n) is 6.09. The molecule has 1 aromatic carbocycles. The van der Waals surface area contributed by atoms with Crippen molar-refractivity contribution < 1.29 is 4.79 Å². The van der Waals surface area contributed by atoms with Crippen molar-refractivity contribution in [1.29, 1.82) is 0 Å². The molecule has 0 radical (unpaired) electrons. The summed E-state index contributed by atoms with van der Waals surface area (Å²) in [7, 11) is 0. The van der Waals surface area contributed by atoms with Gasteiger partial charge in [-0.2, -0.15) is 0 Å². The minimum Gasteiger partial charge on any atom is -0.344 e. The Kier molecular flexibility index (Phi) is 5.48. The van der Waals surface area contributed by atoms with Gasteiger partial charge in [0.25, 0.3) is 0 Å². The number of hydrogen-bond donors (Lipinski definition) is 1. The van der Waals surface area contributed by atoms with Crippen molar-refractivity contribution in [1.82, 2.24) is 5.32 Å². The molecule has 124 valence electrons. The lowest BCUT2D eigenvalue weighted by Crippen LogP contribution is -2.29. The average Bonchev–Trinajstić information content (AvgIpc) is 3.26. The van der Waals surface area contributed by atoms with Crippen molar-refractivity contribution in [3.63, 3.8) is 0 Å². The molecule has 1 atom stereocenters. The van der Waals surface area contributed by atoms with E-state index in [-0.39, 0.29) is 11.9 Å². The van der Waals surface area contributed by atoms with Gasteiger partial charge < -0.3 is 5.32 Å². The summed E-state index contributed by atoms with van der Waals surface area (Å²) in [5, 5.41) is 7.26. The lowest BCUT2D eigenvalue weighted by atomic mass is 9.98. The molecule has 3 rings (SSSR count). The summed E-state index contributed by atoms with van der Waals surface area (Å²) >= 11 is 3.29. The fourth-order valence-electron chi connectivity index (χ4n) is 2.63. The van der Waals surface area contributed by atoms with Gasteiger partial charge >= 0.3 is 0 Å². The Morgan fingerprint density at radius 3 is 2.21 bits per heavy atom. The maximum atomic E-state index is 12.5. The quantitative estimate of drug-likeness (QED) is 0.632.